The Morgan fingerprint density at radius 1 is 1.10 bits per heavy atom. The van der Waals surface area contributed by atoms with Gasteiger partial charge in [0.1, 0.15) is 0 Å². The minimum atomic E-state index is -0.835. The van der Waals surface area contributed by atoms with Crippen LogP contribution in [0.3, 0.4) is 0 Å². The van der Waals surface area contributed by atoms with Gasteiger partial charge in [0.05, 0.1) is 30.5 Å². The second-order valence-electron chi connectivity index (χ2n) is 3.92. The SMILES string of the molecule is CCOC(=O)C(C(=O)OCC)=C(N)c1ccc(C#N)cc1. The summed E-state index contributed by atoms with van der Waals surface area (Å²) in [4.78, 5) is 23.8. The van der Waals surface area contributed by atoms with Crippen molar-refractivity contribution in [2.75, 3.05) is 13.2 Å². The maximum absolute atomic E-state index is 11.9. The second-order valence-corrected chi connectivity index (χ2v) is 3.92. The highest BCUT2D eigenvalue weighted by molar-refractivity contribution is 6.19. The summed E-state index contributed by atoms with van der Waals surface area (Å²) in [5, 5.41) is 8.75. The summed E-state index contributed by atoms with van der Waals surface area (Å²) >= 11 is 0. The molecule has 0 fully saturated rings. The number of hydrogen-bond acceptors (Lipinski definition) is 6. The lowest BCUT2D eigenvalue weighted by atomic mass is 10.1. The molecule has 21 heavy (non-hydrogen) atoms. The van der Waals surface area contributed by atoms with Crippen LogP contribution >= 0.6 is 0 Å². The third kappa shape index (κ3) is 4.08. The fraction of sp³-hybridized carbons (Fsp3) is 0.267. The Hall–Kier alpha value is -2.81. The number of hydrogen-bond donors (Lipinski definition) is 1. The quantitative estimate of drug-likeness (QED) is 0.380. The van der Waals surface area contributed by atoms with Crippen molar-refractivity contribution in [3.8, 4) is 6.07 Å². The standard InChI is InChI=1S/C15H16N2O4/c1-3-20-14(18)12(15(19)21-4-2)13(17)11-7-5-10(9-16)6-8-11/h5-8H,3-4,17H2,1-2H3. The lowest BCUT2D eigenvalue weighted by Gasteiger charge is -2.10. The summed E-state index contributed by atoms with van der Waals surface area (Å²) in [7, 11) is 0. The van der Waals surface area contributed by atoms with Gasteiger partial charge >= 0.3 is 11.9 Å². The average molecular weight is 288 g/mol. The van der Waals surface area contributed by atoms with Crippen molar-refractivity contribution in [3.05, 3.63) is 41.0 Å². The molecule has 0 bridgehead atoms. The first kappa shape index (κ1) is 16.2. The summed E-state index contributed by atoms with van der Waals surface area (Å²) < 4.78 is 9.66. The number of benzene rings is 1. The van der Waals surface area contributed by atoms with Gasteiger partial charge in [-0.25, -0.2) is 9.59 Å². The van der Waals surface area contributed by atoms with Crippen LogP contribution in [-0.4, -0.2) is 25.2 Å². The Balaban J connectivity index is 3.27. The number of carbonyl (C=O) groups is 2. The van der Waals surface area contributed by atoms with Crippen LogP contribution in [0.1, 0.15) is 25.0 Å². The Bertz CT molecular complexity index is 577. The minimum Gasteiger partial charge on any atom is -0.462 e. The third-order valence-corrected chi connectivity index (χ3v) is 2.55. The van der Waals surface area contributed by atoms with E-state index >= 15 is 0 Å². The molecule has 6 nitrogen and oxygen atoms in total. The molecular weight excluding hydrogens is 272 g/mol. The van der Waals surface area contributed by atoms with E-state index in [1.54, 1.807) is 26.0 Å². The van der Waals surface area contributed by atoms with Crippen molar-refractivity contribution in [3.63, 3.8) is 0 Å². The lowest BCUT2D eigenvalue weighted by Crippen LogP contribution is -2.22. The largest absolute Gasteiger partial charge is 0.462 e. The zero-order valence-electron chi connectivity index (χ0n) is 11.9. The van der Waals surface area contributed by atoms with Gasteiger partial charge in [-0.2, -0.15) is 5.26 Å². The molecule has 0 saturated carbocycles. The fourth-order valence-corrected chi connectivity index (χ4v) is 1.58. The normalized spacial score (nSPS) is 9.38. The molecule has 0 spiro atoms. The number of ether oxygens (including phenoxy) is 2. The number of rotatable bonds is 5. The van der Waals surface area contributed by atoms with Gasteiger partial charge in [0, 0.05) is 0 Å². The molecule has 1 rings (SSSR count). The summed E-state index contributed by atoms with van der Waals surface area (Å²) in [6, 6.07) is 8.14. The molecule has 0 amide bonds. The predicted octanol–water partition coefficient (Wildman–Crippen LogP) is 1.35. The first-order chi connectivity index (χ1) is 10.0. The number of esters is 2. The summed E-state index contributed by atoms with van der Waals surface area (Å²) in [6.07, 6.45) is 0. The van der Waals surface area contributed by atoms with Crippen LogP contribution in [0.4, 0.5) is 0 Å². The molecule has 6 heteroatoms. The molecule has 2 N–H and O–H groups in total. The van der Waals surface area contributed by atoms with E-state index in [-0.39, 0.29) is 24.5 Å². The zero-order valence-corrected chi connectivity index (χ0v) is 11.9. The van der Waals surface area contributed by atoms with Crippen molar-refractivity contribution in [1.82, 2.24) is 0 Å². The molecule has 1 aromatic carbocycles. The highest BCUT2D eigenvalue weighted by Gasteiger charge is 2.25. The number of carbonyl (C=O) groups excluding carboxylic acids is 2. The van der Waals surface area contributed by atoms with Crippen LogP contribution in [0.2, 0.25) is 0 Å². The van der Waals surface area contributed by atoms with Crippen LogP contribution in [0, 0.1) is 11.3 Å². The van der Waals surface area contributed by atoms with Gasteiger partial charge in [-0.15, -0.1) is 0 Å². The smallest absolute Gasteiger partial charge is 0.347 e. The molecule has 0 aliphatic rings. The molecule has 0 aliphatic heterocycles. The number of nitrogens with two attached hydrogens (primary N) is 1. The van der Waals surface area contributed by atoms with Crippen LogP contribution in [0.25, 0.3) is 5.70 Å². The van der Waals surface area contributed by atoms with E-state index < -0.39 is 11.9 Å². The Morgan fingerprint density at radius 3 is 1.95 bits per heavy atom. The number of nitrogens with zero attached hydrogens (tertiary/aromatic N) is 1. The molecule has 1 aromatic rings. The summed E-state index contributed by atoms with van der Waals surface area (Å²) in [5.41, 5.74) is 6.38. The monoisotopic (exact) mass is 288 g/mol. The van der Waals surface area contributed by atoms with E-state index in [2.05, 4.69) is 0 Å². The molecule has 0 atom stereocenters. The van der Waals surface area contributed by atoms with Gasteiger partial charge in [0.15, 0.2) is 5.57 Å². The van der Waals surface area contributed by atoms with Crippen molar-refractivity contribution in [1.29, 1.82) is 5.26 Å². The Morgan fingerprint density at radius 2 is 1.57 bits per heavy atom. The van der Waals surface area contributed by atoms with Crippen molar-refractivity contribution in [2.45, 2.75) is 13.8 Å². The van der Waals surface area contributed by atoms with E-state index in [0.29, 0.717) is 11.1 Å². The molecule has 110 valence electrons. The first-order valence-corrected chi connectivity index (χ1v) is 6.39. The molecule has 0 aliphatic carbocycles. The van der Waals surface area contributed by atoms with Gasteiger partial charge < -0.3 is 15.2 Å². The maximum atomic E-state index is 11.9. The summed E-state index contributed by atoms with van der Waals surface area (Å²) in [5.74, 6) is -1.67. The van der Waals surface area contributed by atoms with Gasteiger partial charge in [0.2, 0.25) is 0 Å². The maximum Gasteiger partial charge on any atom is 0.347 e. The van der Waals surface area contributed by atoms with E-state index in [9.17, 15) is 9.59 Å². The van der Waals surface area contributed by atoms with Gasteiger partial charge in [-0.1, -0.05) is 12.1 Å². The fourth-order valence-electron chi connectivity index (χ4n) is 1.58. The van der Waals surface area contributed by atoms with Crippen molar-refractivity contribution in [2.24, 2.45) is 5.73 Å². The van der Waals surface area contributed by atoms with Gasteiger partial charge in [0.25, 0.3) is 0 Å². The zero-order chi connectivity index (χ0) is 15.8. The van der Waals surface area contributed by atoms with Gasteiger partial charge in [-0.05, 0) is 31.5 Å². The van der Waals surface area contributed by atoms with Crippen molar-refractivity contribution < 1.29 is 19.1 Å². The van der Waals surface area contributed by atoms with E-state index in [0.717, 1.165) is 0 Å². The molecular formula is C15H16N2O4. The van der Waals surface area contributed by atoms with Crippen LogP contribution in [-0.2, 0) is 19.1 Å². The first-order valence-electron chi connectivity index (χ1n) is 6.39. The molecule has 0 saturated heterocycles. The average Bonchev–Trinajstić information content (AvgIpc) is 2.48. The lowest BCUT2D eigenvalue weighted by molar-refractivity contribution is -0.146. The third-order valence-electron chi connectivity index (χ3n) is 2.55. The van der Waals surface area contributed by atoms with E-state index in [4.69, 9.17) is 20.5 Å². The highest BCUT2D eigenvalue weighted by atomic mass is 16.6. The topological polar surface area (TPSA) is 102 Å². The molecule has 0 heterocycles. The predicted molar refractivity (Wildman–Crippen MR) is 75.5 cm³/mol. The van der Waals surface area contributed by atoms with Crippen molar-refractivity contribution >= 4 is 17.6 Å². The summed E-state index contributed by atoms with van der Waals surface area (Å²) in [6.45, 7) is 3.47. The second kappa shape index (κ2) is 7.70. The Labute approximate surface area is 122 Å². The van der Waals surface area contributed by atoms with Crippen LogP contribution in [0.15, 0.2) is 29.8 Å². The minimum absolute atomic E-state index is 0.0450. The van der Waals surface area contributed by atoms with E-state index in [1.807, 2.05) is 6.07 Å². The van der Waals surface area contributed by atoms with E-state index in [1.165, 1.54) is 12.1 Å². The molecule has 0 radical (unpaired) electrons. The van der Waals surface area contributed by atoms with Gasteiger partial charge in [-0.3, -0.25) is 0 Å². The molecule has 0 unspecified atom stereocenters. The number of nitriles is 1. The van der Waals surface area contributed by atoms with Crippen LogP contribution < -0.4 is 5.73 Å². The van der Waals surface area contributed by atoms with Crippen LogP contribution in [0.5, 0.6) is 0 Å². The molecule has 0 aromatic heterocycles. The highest BCUT2D eigenvalue weighted by Crippen LogP contribution is 2.17. The Kier molecular flexibility index (Phi) is 5.96.